The molecule has 2 N–H and O–H groups in total. The van der Waals surface area contributed by atoms with Gasteiger partial charge in [0.05, 0.1) is 36.2 Å². The molecule has 8 nitrogen and oxygen atoms in total. The molecule has 2 aromatic carbocycles. The van der Waals surface area contributed by atoms with E-state index in [1.807, 2.05) is 37.3 Å². The third-order valence-electron chi connectivity index (χ3n) is 4.79. The molecule has 154 valence electrons. The molecule has 0 radical (unpaired) electrons. The molecule has 2 aromatic heterocycles. The molecule has 4 rings (SSSR count). The van der Waals surface area contributed by atoms with E-state index in [4.69, 9.17) is 19.7 Å². The molecule has 0 aliphatic carbocycles. The summed E-state index contributed by atoms with van der Waals surface area (Å²) in [4.78, 5) is 4.62. The van der Waals surface area contributed by atoms with E-state index in [1.165, 1.54) is 12.1 Å². The standard InChI is InChI=1S/C21H20N4O4S/c1-13-21(14-4-7-16(8-5-14)30(22,26)27)25-20(23-13)11-9-17(24-25)15-6-10-18(28-2)19(12-15)29-3/h4-12H,1-3H3,(H2,22,26,27). The minimum absolute atomic E-state index is 0.0525. The maximum absolute atomic E-state index is 11.5. The predicted octanol–water partition coefficient (Wildman–Crippen LogP) is 3.04. The fourth-order valence-corrected chi connectivity index (χ4v) is 3.84. The normalized spacial score (nSPS) is 11.6. The SMILES string of the molecule is COc1ccc(-c2ccc3nc(C)c(-c4ccc(S(N)(=O)=O)cc4)n3n2)cc1OC. The van der Waals surface area contributed by atoms with Gasteiger partial charge >= 0.3 is 0 Å². The van der Waals surface area contributed by atoms with E-state index >= 15 is 0 Å². The lowest BCUT2D eigenvalue weighted by molar-refractivity contribution is 0.355. The number of nitrogens with two attached hydrogens (primary N) is 1. The lowest BCUT2D eigenvalue weighted by Crippen LogP contribution is -2.11. The van der Waals surface area contributed by atoms with Gasteiger partial charge in [-0.2, -0.15) is 5.10 Å². The van der Waals surface area contributed by atoms with Crippen molar-refractivity contribution in [1.29, 1.82) is 0 Å². The zero-order valence-electron chi connectivity index (χ0n) is 16.7. The number of fused-ring (bicyclic) bond motifs is 1. The number of imidazole rings is 1. The fourth-order valence-electron chi connectivity index (χ4n) is 3.33. The van der Waals surface area contributed by atoms with Crippen molar-refractivity contribution < 1.29 is 17.9 Å². The maximum Gasteiger partial charge on any atom is 0.238 e. The van der Waals surface area contributed by atoms with Crippen molar-refractivity contribution in [3.05, 3.63) is 60.3 Å². The minimum atomic E-state index is -3.76. The fraction of sp³-hybridized carbons (Fsp3) is 0.143. The highest BCUT2D eigenvalue weighted by Crippen LogP contribution is 2.32. The zero-order chi connectivity index (χ0) is 21.5. The third kappa shape index (κ3) is 3.49. The lowest BCUT2D eigenvalue weighted by Gasteiger charge is -2.10. The van der Waals surface area contributed by atoms with Crippen LogP contribution in [0.1, 0.15) is 5.69 Å². The monoisotopic (exact) mass is 424 g/mol. The summed E-state index contributed by atoms with van der Waals surface area (Å²) in [6.45, 7) is 1.88. The number of rotatable bonds is 5. The van der Waals surface area contributed by atoms with E-state index in [0.717, 1.165) is 28.2 Å². The quantitative estimate of drug-likeness (QED) is 0.527. The molecular formula is C21H20N4O4S. The summed E-state index contributed by atoms with van der Waals surface area (Å²) < 4.78 is 35.5. The van der Waals surface area contributed by atoms with Crippen molar-refractivity contribution in [3.8, 4) is 34.0 Å². The van der Waals surface area contributed by atoms with Gasteiger partial charge < -0.3 is 9.47 Å². The van der Waals surface area contributed by atoms with Crippen molar-refractivity contribution in [2.75, 3.05) is 14.2 Å². The molecule has 9 heteroatoms. The van der Waals surface area contributed by atoms with Gasteiger partial charge in [0.25, 0.3) is 0 Å². The summed E-state index contributed by atoms with van der Waals surface area (Å²) >= 11 is 0. The topological polar surface area (TPSA) is 109 Å². The second-order valence-corrected chi connectivity index (χ2v) is 8.23. The zero-order valence-corrected chi connectivity index (χ0v) is 17.5. The molecule has 0 aliphatic heterocycles. The van der Waals surface area contributed by atoms with Gasteiger partial charge in [-0.3, -0.25) is 0 Å². The molecule has 0 unspecified atom stereocenters. The van der Waals surface area contributed by atoms with Crippen LogP contribution >= 0.6 is 0 Å². The van der Waals surface area contributed by atoms with Crippen LogP contribution in [0.3, 0.4) is 0 Å². The third-order valence-corrected chi connectivity index (χ3v) is 5.72. The van der Waals surface area contributed by atoms with Crippen LogP contribution in [0.5, 0.6) is 11.5 Å². The van der Waals surface area contributed by atoms with E-state index in [2.05, 4.69) is 4.98 Å². The van der Waals surface area contributed by atoms with Crippen LogP contribution in [0.25, 0.3) is 28.2 Å². The number of methoxy groups -OCH3 is 2. The number of aryl methyl sites for hydroxylation is 1. The Labute approximate surface area is 173 Å². The summed E-state index contributed by atoms with van der Waals surface area (Å²) in [6.07, 6.45) is 0. The van der Waals surface area contributed by atoms with Gasteiger partial charge in [-0.05, 0) is 49.4 Å². The summed E-state index contributed by atoms with van der Waals surface area (Å²) in [7, 11) is -0.585. The average Bonchev–Trinajstić information content (AvgIpc) is 3.07. The Morgan fingerprint density at radius 3 is 2.20 bits per heavy atom. The Morgan fingerprint density at radius 2 is 1.57 bits per heavy atom. The molecule has 0 bridgehead atoms. The van der Waals surface area contributed by atoms with E-state index in [9.17, 15) is 8.42 Å². The summed E-state index contributed by atoms with van der Waals surface area (Å²) in [5, 5.41) is 9.96. The van der Waals surface area contributed by atoms with Crippen LogP contribution in [0.4, 0.5) is 0 Å². The molecule has 0 spiro atoms. The second kappa shape index (κ2) is 7.43. The molecule has 0 saturated carbocycles. The molecule has 2 heterocycles. The minimum Gasteiger partial charge on any atom is -0.493 e. The maximum atomic E-state index is 11.5. The molecule has 0 atom stereocenters. The number of sulfonamides is 1. The first-order chi connectivity index (χ1) is 14.3. The van der Waals surface area contributed by atoms with Gasteiger partial charge in [-0.1, -0.05) is 12.1 Å². The molecule has 30 heavy (non-hydrogen) atoms. The number of hydrogen-bond donors (Lipinski definition) is 1. The predicted molar refractivity (Wildman–Crippen MR) is 113 cm³/mol. The number of primary sulfonamides is 1. The van der Waals surface area contributed by atoms with E-state index < -0.39 is 10.0 Å². The van der Waals surface area contributed by atoms with Crippen molar-refractivity contribution >= 4 is 15.7 Å². The van der Waals surface area contributed by atoms with E-state index in [0.29, 0.717) is 17.1 Å². The Balaban J connectivity index is 1.84. The average molecular weight is 424 g/mol. The first-order valence-electron chi connectivity index (χ1n) is 9.04. The van der Waals surface area contributed by atoms with Gasteiger partial charge in [0.15, 0.2) is 17.1 Å². The number of ether oxygens (including phenoxy) is 2. The highest BCUT2D eigenvalue weighted by atomic mass is 32.2. The number of benzene rings is 2. The van der Waals surface area contributed by atoms with Crippen LogP contribution in [0.15, 0.2) is 59.5 Å². The largest absolute Gasteiger partial charge is 0.493 e. The van der Waals surface area contributed by atoms with Crippen molar-refractivity contribution in [1.82, 2.24) is 14.6 Å². The highest BCUT2D eigenvalue weighted by molar-refractivity contribution is 7.89. The van der Waals surface area contributed by atoms with Gasteiger partial charge in [0, 0.05) is 11.1 Å². The molecule has 0 fully saturated rings. The first kappa shape index (κ1) is 19.9. The first-order valence-corrected chi connectivity index (χ1v) is 10.6. The summed E-state index contributed by atoms with van der Waals surface area (Å²) in [5.41, 5.74) is 4.59. The Morgan fingerprint density at radius 1 is 0.900 bits per heavy atom. The second-order valence-electron chi connectivity index (χ2n) is 6.67. The molecular weight excluding hydrogens is 404 g/mol. The molecule has 0 saturated heterocycles. The van der Waals surface area contributed by atoms with Crippen LogP contribution in [-0.4, -0.2) is 37.2 Å². The molecule has 0 amide bonds. The van der Waals surface area contributed by atoms with Crippen molar-refractivity contribution in [3.63, 3.8) is 0 Å². The van der Waals surface area contributed by atoms with Crippen LogP contribution in [0.2, 0.25) is 0 Å². The van der Waals surface area contributed by atoms with Crippen LogP contribution in [0, 0.1) is 6.92 Å². The Bertz CT molecular complexity index is 1350. The summed E-state index contributed by atoms with van der Waals surface area (Å²) in [5.74, 6) is 1.24. The summed E-state index contributed by atoms with van der Waals surface area (Å²) in [6, 6.07) is 15.7. The smallest absolute Gasteiger partial charge is 0.238 e. The van der Waals surface area contributed by atoms with Crippen molar-refractivity contribution in [2.24, 2.45) is 5.14 Å². The number of nitrogens with zero attached hydrogens (tertiary/aromatic N) is 3. The number of aromatic nitrogens is 3. The van der Waals surface area contributed by atoms with Gasteiger partial charge in [0.2, 0.25) is 10.0 Å². The van der Waals surface area contributed by atoms with Crippen LogP contribution < -0.4 is 14.6 Å². The van der Waals surface area contributed by atoms with Gasteiger partial charge in [-0.15, -0.1) is 0 Å². The van der Waals surface area contributed by atoms with E-state index in [-0.39, 0.29) is 4.90 Å². The Hall–Kier alpha value is -3.43. The molecule has 4 aromatic rings. The highest BCUT2D eigenvalue weighted by Gasteiger charge is 2.15. The van der Waals surface area contributed by atoms with Gasteiger partial charge in [0.1, 0.15) is 0 Å². The van der Waals surface area contributed by atoms with Crippen LogP contribution in [-0.2, 0) is 10.0 Å². The number of hydrogen-bond acceptors (Lipinski definition) is 6. The van der Waals surface area contributed by atoms with Crippen molar-refractivity contribution in [2.45, 2.75) is 11.8 Å². The molecule has 0 aliphatic rings. The lowest BCUT2D eigenvalue weighted by atomic mass is 10.1. The van der Waals surface area contributed by atoms with E-state index in [1.54, 1.807) is 30.9 Å². The Kier molecular flexibility index (Phi) is 4.92. The van der Waals surface area contributed by atoms with Gasteiger partial charge in [-0.25, -0.2) is 23.1 Å².